The zero-order valence-corrected chi connectivity index (χ0v) is 38.9. The molecular weight excluding hydrogens is 773 g/mol. The van der Waals surface area contributed by atoms with E-state index in [4.69, 9.17) is 18.9 Å². The van der Waals surface area contributed by atoms with Crippen LogP contribution in [0, 0.1) is 0 Å². The van der Waals surface area contributed by atoms with Crippen molar-refractivity contribution in [2.24, 2.45) is 0 Å². The number of ether oxygens (including phenoxy) is 4. The van der Waals surface area contributed by atoms with Crippen LogP contribution >= 0.6 is 0 Å². The molecule has 0 aromatic heterocycles. The third-order valence-corrected chi connectivity index (χ3v) is 11.5. The largest absolute Gasteiger partial charge is 0.462 e. The van der Waals surface area contributed by atoms with Gasteiger partial charge in [0.2, 0.25) is 0 Å². The molecule has 0 bridgehead atoms. The summed E-state index contributed by atoms with van der Waals surface area (Å²) < 4.78 is 22.2. The maximum atomic E-state index is 12.8. The van der Waals surface area contributed by atoms with E-state index in [1.807, 2.05) is 0 Å². The molecule has 0 aliphatic carbocycles. The Labute approximate surface area is 372 Å². The van der Waals surface area contributed by atoms with E-state index in [-0.39, 0.29) is 32.0 Å². The summed E-state index contributed by atoms with van der Waals surface area (Å²) in [5.74, 6) is -0.818. The summed E-state index contributed by atoms with van der Waals surface area (Å²) in [5.41, 5.74) is 0. The average Bonchev–Trinajstić information content (AvgIpc) is 3.26. The lowest BCUT2D eigenvalue weighted by Crippen LogP contribution is -2.59. The maximum absolute atomic E-state index is 12.8. The molecule has 61 heavy (non-hydrogen) atoms. The lowest BCUT2D eigenvalue weighted by molar-refractivity contribution is -0.305. The second-order valence-corrected chi connectivity index (χ2v) is 17.2. The number of aliphatic hydroxyl groups excluding tert-OH is 4. The van der Waals surface area contributed by atoms with E-state index in [1.165, 1.54) is 116 Å². The van der Waals surface area contributed by atoms with Crippen LogP contribution in [0.15, 0.2) is 36.5 Å². The molecule has 10 heteroatoms. The lowest BCUT2D eigenvalue weighted by Gasteiger charge is -2.39. The minimum Gasteiger partial charge on any atom is -0.462 e. The van der Waals surface area contributed by atoms with Crippen LogP contribution < -0.4 is 0 Å². The second-order valence-electron chi connectivity index (χ2n) is 17.2. The lowest BCUT2D eigenvalue weighted by atomic mass is 9.99. The van der Waals surface area contributed by atoms with Crippen LogP contribution in [0.1, 0.15) is 219 Å². The molecule has 1 fully saturated rings. The Kier molecular flexibility index (Phi) is 39.1. The van der Waals surface area contributed by atoms with Crippen LogP contribution in [0.3, 0.4) is 0 Å². The molecule has 0 saturated carbocycles. The molecule has 6 unspecified atom stereocenters. The van der Waals surface area contributed by atoms with E-state index in [0.29, 0.717) is 6.42 Å². The van der Waals surface area contributed by atoms with Crippen LogP contribution in [-0.4, -0.2) is 89.0 Å². The van der Waals surface area contributed by atoms with Crippen molar-refractivity contribution in [1.82, 2.24) is 0 Å². The summed E-state index contributed by atoms with van der Waals surface area (Å²) in [7, 11) is 0. The standard InChI is InChI=1S/C51H92O10/c1-3-5-7-9-11-13-15-17-19-20-21-22-23-24-26-27-29-31-33-35-37-39-46(53)58-42-44(43-59-51-50(57)49(56)48(55)45(41-52)61-51)60-47(54)40-38-36-34-32-30-28-25-18-16-14-12-10-8-6-4-2/h6,8,12,14,18,25,44-45,48-52,55-57H,3-5,7,9-11,13,15-17,19-24,26-43H2,1-2H3/b8-6-,14-12-,25-18-. The van der Waals surface area contributed by atoms with Gasteiger partial charge in [-0.2, -0.15) is 0 Å². The summed E-state index contributed by atoms with van der Waals surface area (Å²) in [6, 6.07) is 0. The smallest absolute Gasteiger partial charge is 0.306 e. The normalized spacial score (nSPS) is 20.0. The molecule has 1 heterocycles. The zero-order chi connectivity index (χ0) is 44.4. The number of aliphatic hydroxyl groups is 4. The Morgan fingerprint density at radius 1 is 0.525 bits per heavy atom. The molecule has 0 aromatic rings. The van der Waals surface area contributed by atoms with E-state index >= 15 is 0 Å². The monoisotopic (exact) mass is 865 g/mol. The van der Waals surface area contributed by atoms with Crippen molar-refractivity contribution < 1.29 is 49.0 Å². The highest BCUT2D eigenvalue weighted by Crippen LogP contribution is 2.23. The minimum atomic E-state index is -1.60. The van der Waals surface area contributed by atoms with Gasteiger partial charge in [-0.05, 0) is 44.9 Å². The highest BCUT2D eigenvalue weighted by molar-refractivity contribution is 5.70. The fraction of sp³-hybridized carbons (Fsp3) is 0.843. The van der Waals surface area contributed by atoms with Gasteiger partial charge >= 0.3 is 11.9 Å². The summed E-state index contributed by atoms with van der Waals surface area (Å²) in [4.78, 5) is 25.4. The van der Waals surface area contributed by atoms with Gasteiger partial charge in [0.25, 0.3) is 0 Å². The van der Waals surface area contributed by atoms with E-state index in [0.717, 1.165) is 70.6 Å². The third kappa shape index (κ3) is 33.1. The highest BCUT2D eigenvalue weighted by atomic mass is 16.7. The molecule has 0 radical (unpaired) electrons. The number of carbonyl (C=O) groups is 2. The molecule has 1 rings (SSSR count). The van der Waals surface area contributed by atoms with Gasteiger partial charge in [-0.3, -0.25) is 9.59 Å². The van der Waals surface area contributed by atoms with Gasteiger partial charge in [0.1, 0.15) is 31.0 Å². The topological polar surface area (TPSA) is 152 Å². The SMILES string of the molecule is CC/C=C\C/C=C\C/C=C\CCCCCCCC(=O)OC(COC(=O)CCCCCCCCCCCCCCCCCCCCCCC)COC1OC(CO)C(O)C(O)C1O. The highest BCUT2D eigenvalue weighted by Gasteiger charge is 2.44. The van der Waals surface area contributed by atoms with Gasteiger partial charge in [-0.25, -0.2) is 0 Å². The van der Waals surface area contributed by atoms with Crippen molar-refractivity contribution in [2.45, 2.75) is 256 Å². The molecule has 6 atom stereocenters. The van der Waals surface area contributed by atoms with Crippen molar-refractivity contribution in [1.29, 1.82) is 0 Å². The van der Waals surface area contributed by atoms with Crippen molar-refractivity contribution in [2.75, 3.05) is 19.8 Å². The predicted octanol–water partition coefficient (Wildman–Crippen LogP) is 11.4. The summed E-state index contributed by atoms with van der Waals surface area (Å²) in [6.07, 6.45) is 41.6. The van der Waals surface area contributed by atoms with Crippen molar-refractivity contribution in [3.05, 3.63) is 36.5 Å². The molecule has 1 aliphatic heterocycles. The van der Waals surface area contributed by atoms with Crippen LogP contribution in [-0.2, 0) is 28.5 Å². The molecule has 10 nitrogen and oxygen atoms in total. The fourth-order valence-electron chi connectivity index (χ4n) is 7.62. The van der Waals surface area contributed by atoms with E-state index < -0.39 is 49.4 Å². The summed E-state index contributed by atoms with van der Waals surface area (Å²) in [6.45, 7) is 3.32. The van der Waals surface area contributed by atoms with E-state index in [9.17, 15) is 30.0 Å². The zero-order valence-electron chi connectivity index (χ0n) is 38.9. The molecule has 1 aliphatic rings. The van der Waals surface area contributed by atoms with Gasteiger partial charge in [-0.1, -0.05) is 198 Å². The van der Waals surface area contributed by atoms with E-state index in [1.54, 1.807) is 0 Å². The number of unbranched alkanes of at least 4 members (excludes halogenated alkanes) is 25. The molecule has 0 spiro atoms. The van der Waals surface area contributed by atoms with Crippen molar-refractivity contribution >= 4 is 11.9 Å². The predicted molar refractivity (Wildman–Crippen MR) is 247 cm³/mol. The maximum Gasteiger partial charge on any atom is 0.306 e. The Bertz CT molecular complexity index is 1090. The Hall–Kier alpha value is -2.08. The van der Waals surface area contributed by atoms with Crippen molar-refractivity contribution in [3.63, 3.8) is 0 Å². The molecular formula is C51H92O10. The first-order valence-electron chi connectivity index (χ1n) is 25.1. The van der Waals surface area contributed by atoms with Crippen molar-refractivity contribution in [3.8, 4) is 0 Å². The van der Waals surface area contributed by atoms with Gasteiger partial charge in [0, 0.05) is 12.8 Å². The summed E-state index contributed by atoms with van der Waals surface area (Å²) in [5, 5.41) is 40.2. The van der Waals surface area contributed by atoms with Gasteiger partial charge in [0.15, 0.2) is 12.4 Å². The third-order valence-electron chi connectivity index (χ3n) is 11.5. The van der Waals surface area contributed by atoms with Gasteiger partial charge in [0.05, 0.1) is 13.2 Å². The molecule has 1 saturated heterocycles. The Morgan fingerprint density at radius 2 is 0.967 bits per heavy atom. The average molecular weight is 865 g/mol. The van der Waals surface area contributed by atoms with Gasteiger partial charge in [-0.15, -0.1) is 0 Å². The molecule has 0 amide bonds. The first-order chi connectivity index (χ1) is 29.8. The Balaban J connectivity index is 2.25. The minimum absolute atomic E-state index is 0.212. The van der Waals surface area contributed by atoms with Crippen LogP contribution in [0.2, 0.25) is 0 Å². The number of hydrogen-bond donors (Lipinski definition) is 4. The number of esters is 2. The number of hydrogen-bond acceptors (Lipinski definition) is 10. The van der Waals surface area contributed by atoms with Crippen LogP contribution in [0.5, 0.6) is 0 Å². The first-order valence-corrected chi connectivity index (χ1v) is 25.1. The second kappa shape index (κ2) is 41.9. The molecule has 356 valence electrons. The quantitative estimate of drug-likeness (QED) is 0.0265. The molecule has 0 aromatic carbocycles. The number of carbonyl (C=O) groups excluding carboxylic acids is 2. The molecule has 4 N–H and O–H groups in total. The van der Waals surface area contributed by atoms with Crippen LogP contribution in [0.25, 0.3) is 0 Å². The number of allylic oxidation sites excluding steroid dienone is 6. The Morgan fingerprint density at radius 3 is 1.46 bits per heavy atom. The van der Waals surface area contributed by atoms with Gasteiger partial charge < -0.3 is 39.4 Å². The fourth-order valence-corrected chi connectivity index (χ4v) is 7.62. The summed E-state index contributed by atoms with van der Waals surface area (Å²) >= 11 is 0. The number of rotatable bonds is 42. The first kappa shape index (κ1) is 56.9. The van der Waals surface area contributed by atoms with E-state index in [2.05, 4.69) is 50.3 Å². The van der Waals surface area contributed by atoms with Crippen LogP contribution in [0.4, 0.5) is 0 Å².